The second-order valence-electron chi connectivity index (χ2n) is 11.5. The van der Waals surface area contributed by atoms with E-state index in [9.17, 15) is 15.3 Å². The van der Waals surface area contributed by atoms with Crippen molar-refractivity contribution in [1.29, 1.82) is 0 Å². The topological polar surface area (TPSA) is 146 Å². The number of hydrogen-bond acceptors (Lipinski definition) is 11. The van der Waals surface area contributed by atoms with Gasteiger partial charge < -0.3 is 30.7 Å². The van der Waals surface area contributed by atoms with Crippen LogP contribution in [0, 0.1) is 25.7 Å². The predicted molar refractivity (Wildman–Crippen MR) is 153 cm³/mol. The lowest BCUT2D eigenvalue weighted by atomic mass is 9.88. The second kappa shape index (κ2) is 11.6. The predicted octanol–water partition coefficient (Wildman–Crippen LogP) is 3.68. The average molecular weight is 557 g/mol. The van der Waals surface area contributed by atoms with Gasteiger partial charge >= 0.3 is 0 Å². The molecule has 3 aromatic heterocycles. The van der Waals surface area contributed by atoms with Crippen molar-refractivity contribution >= 4 is 33.3 Å². The number of nitrogens with one attached hydrogen (secondary N) is 2. The minimum absolute atomic E-state index is 0.384. The summed E-state index contributed by atoms with van der Waals surface area (Å²) in [5, 5.41) is 39.5. The van der Waals surface area contributed by atoms with E-state index >= 15 is 0 Å². The lowest BCUT2D eigenvalue weighted by Crippen LogP contribution is -2.40. The molecule has 0 radical (unpaired) electrons. The van der Waals surface area contributed by atoms with E-state index in [1.807, 2.05) is 19.9 Å². The summed E-state index contributed by atoms with van der Waals surface area (Å²) in [6.07, 6.45) is 5.15. The van der Waals surface area contributed by atoms with Crippen molar-refractivity contribution in [2.24, 2.45) is 11.8 Å². The Morgan fingerprint density at radius 2 is 1.85 bits per heavy atom. The van der Waals surface area contributed by atoms with Crippen molar-refractivity contribution < 1.29 is 20.1 Å². The van der Waals surface area contributed by atoms with Gasteiger partial charge in [-0.1, -0.05) is 12.8 Å². The first-order chi connectivity index (χ1) is 18.6. The fourth-order valence-corrected chi connectivity index (χ4v) is 6.93. The molecule has 0 bridgehead atoms. The van der Waals surface area contributed by atoms with Crippen molar-refractivity contribution in [1.82, 2.24) is 19.9 Å². The van der Waals surface area contributed by atoms with Crippen LogP contribution in [-0.2, 0) is 4.74 Å². The Morgan fingerprint density at radius 1 is 1.08 bits per heavy atom. The maximum absolute atomic E-state index is 10.9. The van der Waals surface area contributed by atoms with E-state index in [-0.39, 0.29) is 0 Å². The van der Waals surface area contributed by atoms with Gasteiger partial charge in [-0.15, -0.1) is 11.3 Å². The van der Waals surface area contributed by atoms with E-state index in [0.717, 1.165) is 38.8 Å². The van der Waals surface area contributed by atoms with E-state index in [1.54, 1.807) is 20.0 Å². The largest absolute Gasteiger partial charge is 0.390 e. The van der Waals surface area contributed by atoms with Crippen molar-refractivity contribution in [3.63, 3.8) is 0 Å². The number of nitrogens with zero attached hydrogens (tertiary/aromatic N) is 4. The zero-order chi connectivity index (χ0) is 27.7. The Labute approximate surface area is 233 Å². The normalized spacial score (nSPS) is 24.1. The van der Waals surface area contributed by atoms with Gasteiger partial charge in [0.2, 0.25) is 5.95 Å². The second-order valence-corrected chi connectivity index (χ2v) is 12.5. The number of aliphatic hydroxyl groups excluding tert-OH is 2. The standard InChI is InChI=1S/C28H40N6O4S/c1-15-21(26-33-22-16(2)29-10-9-20(22)39-26)25(32-19-13-18(28(3,4)37)23(35)24(19)36)34-27(31-15)30-11-12-38-14-17-7-5-6-8-17/h9-10,17-19,23-24,35-37H,5-8,11-14H2,1-4H3,(H2,30,31,32,34)/t18-,19?,23+,24-/m0/s1. The summed E-state index contributed by atoms with van der Waals surface area (Å²) in [7, 11) is 0. The van der Waals surface area contributed by atoms with Gasteiger partial charge in [-0.3, -0.25) is 4.98 Å². The van der Waals surface area contributed by atoms with Crippen LogP contribution in [0.25, 0.3) is 20.8 Å². The van der Waals surface area contributed by atoms with E-state index in [4.69, 9.17) is 19.7 Å². The number of hydrogen-bond donors (Lipinski definition) is 5. The third-order valence-electron chi connectivity index (χ3n) is 8.06. The quantitative estimate of drug-likeness (QED) is 0.234. The van der Waals surface area contributed by atoms with E-state index < -0.39 is 29.8 Å². The highest BCUT2D eigenvalue weighted by Gasteiger charge is 2.48. The third kappa shape index (κ3) is 6.17. The highest BCUT2D eigenvalue weighted by Crippen LogP contribution is 2.40. The van der Waals surface area contributed by atoms with Gasteiger partial charge in [-0.25, -0.2) is 9.97 Å². The smallest absolute Gasteiger partial charge is 0.224 e. The van der Waals surface area contributed by atoms with E-state index in [1.165, 1.54) is 37.0 Å². The number of rotatable bonds is 10. The molecule has 2 saturated carbocycles. The SMILES string of the molecule is Cc1nc(NCCOCC2CCCC2)nc(NC2C[C@H](C(C)(C)O)[C@@H](O)[C@H]2O)c1-c1nc2c(C)nccc2s1. The molecule has 0 spiro atoms. The van der Waals surface area contributed by atoms with Crippen LogP contribution in [0.15, 0.2) is 12.3 Å². The lowest BCUT2D eigenvalue weighted by molar-refractivity contribution is -0.0601. The van der Waals surface area contributed by atoms with Crippen LogP contribution in [-0.4, -0.2) is 78.9 Å². The molecular weight excluding hydrogens is 516 g/mol. The number of ether oxygens (including phenoxy) is 1. The monoisotopic (exact) mass is 556 g/mol. The Balaban J connectivity index is 1.40. The lowest BCUT2D eigenvalue weighted by Gasteiger charge is -2.28. The third-order valence-corrected chi connectivity index (χ3v) is 9.10. The molecule has 2 fully saturated rings. The molecule has 0 saturated heterocycles. The summed E-state index contributed by atoms with van der Waals surface area (Å²) < 4.78 is 6.90. The Morgan fingerprint density at radius 3 is 2.54 bits per heavy atom. The maximum atomic E-state index is 10.9. The van der Waals surface area contributed by atoms with Crippen molar-refractivity contribution in [2.75, 3.05) is 30.4 Å². The van der Waals surface area contributed by atoms with Crippen molar-refractivity contribution in [3.05, 3.63) is 23.7 Å². The number of anilines is 2. The summed E-state index contributed by atoms with van der Waals surface area (Å²) in [4.78, 5) is 18.8. The van der Waals surface area contributed by atoms with Crippen LogP contribution in [0.3, 0.4) is 0 Å². The van der Waals surface area contributed by atoms with Gasteiger partial charge in [0.15, 0.2) is 0 Å². The summed E-state index contributed by atoms with van der Waals surface area (Å²) >= 11 is 1.54. The van der Waals surface area contributed by atoms with Crippen molar-refractivity contribution in [2.45, 2.75) is 83.6 Å². The summed E-state index contributed by atoms with van der Waals surface area (Å²) in [5.41, 5.74) is 2.03. The fourth-order valence-electron chi connectivity index (χ4n) is 5.82. The molecule has 5 N–H and O–H groups in total. The molecule has 10 nitrogen and oxygen atoms in total. The fraction of sp³-hybridized carbons (Fsp3) is 0.643. The summed E-state index contributed by atoms with van der Waals surface area (Å²) in [6, 6.07) is 1.43. The number of pyridine rings is 1. The molecule has 0 aromatic carbocycles. The number of thiazole rings is 1. The highest BCUT2D eigenvalue weighted by molar-refractivity contribution is 7.21. The summed E-state index contributed by atoms with van der Waals surface area (Å²) in [6.45, 7) is 9.10. The molecule has 4 atom stereocenters. The number of aromatic nitrogens is 4. The number of aliphatic hydroxyl groups is 3. The number of aryl methyl sites for hydroxylation is 2. The first-order valence-corrected chi connectivity index (χ1v) is 14.7. The van der Waals surface area contributed by atoms with Crippen LogP contribution in [0.2, 0.25) is 0 Å². The van der Waals surface area contributed by atoms with Crippen LogP contribution < -0.4 is 10.6 Å². The van der Waals surface area contributed by atoms with E-state index in [0.29, 0.717) is 37.3 Å². The van der Waals surface area contributed by atoms with Gasteiger partial charge in [-0.2, -0.15) is 4.98 Å². The molecule has 11 heteroatoms. The molecule has 1 unspecified atom stereocenters. The first kappa shape index (κ1) is 28.1. The Bertz CT molecular complexity index is 1290. The molecule has 0 aliphatic heterocycles. The van der Waals surface area contributed by atoms with Gasteiger partial charge in [-0.05, 0) is 58.9 Å². The molecule has 212 valence electrons. The highest BCUT2D eigenvalue weighted by atomic mass is 32.1. The minimum Gasteiger partial charge on any atom is -0.390 e. The van der Waals surface area contributed by atoms with Gasteiger partial charge in [0.1, 0.15) is 22.4 Å². The Kier molecular flexibility index (Phi) is 8.34. The Hall–Kier alpha value is -2.44. The zero-order valence-corrected chi connectivity index (χ0v) is 24.0. The molecule has 2 aliphatic carbocycles. The van der Waals surface area contributed by atoms with Crippen molar-refractivity contribution in [3.8, 4) is 10.6 Å². The van der Waals surface area contributed by atoms with E-state index in [2.05, 4.69) is 15.6 Å². The maximum Gasteiger partial charge on any atom is 0.224 e. The number of fused-ring (bicyclic) bond motifs is 1. The van der Waals surface area contributed by atoms with Crippen LogP contribution in [0.5, 0.6) is 0 Å². The molecular formula is C28H40N6O4S. The van der Waals surface area contributed by atoms with Gasteiger partial charge in [0.25, 0.3) is 0 Å². The molecule has 5 rings (SSSR count). The zero-order valence-electron chi connectivity index (χ0n) is 23.1. The van der Waals surface area contributed by atoms with Crippen LogP contribution >= 0.6 is 11.3 Å². The molecule has 3 aromatic rings. The van der Waals surface area contributed by atoms with Crippen LogP contribution in [0.4, 0.5) is 11.8 Å². The molecule has 3 heterocycles. The first-order valence-electron chi connectivity index (χ1n) is 13.9. The minimum atomic E-state index is -1.13. The van der Waals surface area contributed by atoms with Gasteiger partial charge in [0, 0.05) is 25.3 Å². The molecule has 39 heavy (non-hydrogen) atoms. The average Bonchev–Trinajstić information content (AvgIpc) is 3.60. The summed E-state index contributed by atoms with van der Waals surface area (Å²) in [5.74, 6) is 1.16. The van der Waals surface area contributed by atoms with Gasteiger partial charge in [0.05, 0.1) is 46.0 Å². The molecule has 2 aliphatic rings. The van der Waals surface area contributed by atoms with Crippen LogP contribution in [0.1, 0.15) is 57.3 Å². The molecule has 0 amide bonds.